The third kappa shape index (κ3) is 4.03. The molecular formula is C17H17F3N2O. The fraction of sp³-hybridized carbons (Fsp3) is 0.235. The summed E-state index contributed by atoms with van der Waals surface area (Å²) in [5, 5.41) is 2.27. The summed E-state index contributed by atoms with van der Waals surface area (Å²) in [6.07, 6.45) is 0. The van der Waals surface area contributed by atoms with Crippen molar-refractivity contribution in [1.29, 1.82) is 0 Å². The molecule has 0 saturated heterocycles. The van der Waals surface area contributed by atoms with E-state index in [0.29, 0.717) is 6.54 Å². The summed E-state index contributed by atoms with van der Waals surface area (Å²) in [5.74, 6) is -4.82. The van der Waals surface area contributed by atoms with E-state index < -0.39 is 23.4 Å². The highest BCUT2D eigenvalue weighted by Crippen LogP contribution is 2.20. The molecular weight excluding hydrogens is 305 g/mol. The first-order valence-corrected chi connectivity index (χ1v) is 7.17. The highest BCUT2D eigenvalue weighted by molar-refractivity contribution is 5.94. The van der Waals surface area contributed by atoms with Crippen molar-refractivity contribution in [3.63, 3.8) is 0 Å². The molecule has 23 heavy (non-hydrogen) atoms. The molecule has 3 nitrogen and oxygen atoms in total. The molecule has 0 saturated carbocycles. The normalized spacial score (nSPS) is 10.5. The second-order valence-electron chi connectivity index (χ2n) is 5.12. The van der Waals surface area contributed by atoms with Gasteiger partial charge in [0, 0.05) is 12.2 Å². The van der Waals surface area contributed by atoms with Crippen LogP contribution in [-0.4, -0.2) is 19.0 Å². The summed E-state index contributed by atoms with van der Waals surface area (Å²) in [6, 6.07) is 9.37. The van der Waals surface area contributed by atoms with Crippen LogP contribution in [0.4, 0.5) is 24.5 Å². The van der Waals surface area contributed by atoms with Crippen molar-refractivity contribution in [2.24, 2.45) is 0 Å². The van der Waals surface area contributed by atoms with Crippen LogP contribution in [0.5, 0.6) is 0 Å². The fourth-order valence-corrected chi connectivity index (χ4v) is 2.20. The van der Waals surface area contributed by atoms with E-state index in [9.17, 15) is 18.0 Å². The zero-order valence-corrected chi connectivity index (χ0v) is 12.9. The van der Waals surface area contributed by atoms with Crippen molar-refractivity contribution in [2.75, 3.05) is 23.3 Å². The van der Waals surface area contributed by atoms with Gasteiger partial charge in [-0.3, -0.25) is 4.79 Å². The van der Waals surface area contributed by atoms with E-state index in [1.165, 1.54) is 0 Å². The maximum atomic E-state index is 13.6. The number of aryl methyl sites for hydroxylation is 1. The van der Waals surface area contributed by atoms with Crippen molar-refractivity contribution >= 4 is 17.3 Å². The number of likely N-dealkylation sites (N-methyl/N-ethyl adjacent to an activating group) is 1. The first-order valence-electron chi connectivity index (χ1n) is 7.17. The van der Waals surface area contributed by atoms with Gasteiger partial charge in [-0.05, 0) is 43.7 Å². The molecule has 6 heteroatoms. The van der Waals surface area contributed by atoms with Crippen LogP contribution in [0.2, 0.25) is 0 Å². The molecule has 2 aromatic rings. The van der Waals surface area contributed by atoms with Crippen LogP contribution in [0.1, 0.15) is 12.5 Å². The lowest BCUT2D eigenvalue weighted by molar-refractivity contribution is -0.115. The molecule has 1 N–H and O–H groups in total. The van der Waals surface area contributed by atoms with E-state index in [-0.39, 0.29) is 12.2 Å². The highest BCUT2D eigenvalue weighted by Gasteiger charge is 2.16. The monoisotopic (exact) mass is 322 g/mol. The maximum Gasteiger partial charge on any atom is 0.243 e. The second-order valence-corrected chi connectivity index (χ2v) is 5.12. The first kappa shape index (κ1) is 16.9. The summed E-state index contributed by atoms with van der Waals surface area (Å²) in [5.41, 5.74) is 1.52. The molecule has 0 heterocycles. The molecule has 0 fully saturated rings. The van der Waals surface area contributed by atoms with Gasteiger partial charge in [0.25, 0.3) is 0 Å². The number of rotatable bonds is 5. The van der Waals surface area contributed by atoms with Crippen molar-refractivity contribution in [1.82, 2.24) is 0 Å². The SMILES string of the molecule is CCN(CC(=O)Nc1ccc(F)c(F)c1F)c1cccc(C)c1. The first-order chi connectivity index (χ1) is 10.9. The van der Waals surface area contributed by atoms with Crippen LogP contribution >= 0.6 is 0 Å². The van der Waals surface area contributed by atoms with Crippen molar-refractivity contribution in [3.8, 4) is 0 Å². The molecule has 0 aliphatic carbocycles. The summed E-state index contributed by atoms with van der Waals surface area (Å²) in [4.78, 5) is 13.8. The van der Waals surface area contributed by atoms with Crippen molar-refractivity contribution < 1.29 is 18.0 Å². The lowest BCUT2D eigenvalue weighted by Crippen LogP contribution is -2.33. The minimum Gasteiger partial charge on any atom is -0.362 e. The molecule has 2 rings (SSSR count). The number of carbonyl (C=O) groups excluding carboxylic acids is 1. The van der Waals surface area contributed by atoms with Gasteiger partial charge in [0.05, 0.1) is 12.2 Å². The Morgan fingerprint density at radius 2 is 1.87 bits per heavy atom. The van der Waals surface area contributed by atoms with Gasteiger partial charge in [-0.2, -0.15) is 0 Å². The zero-order valence-electron chi connectivity index (χ0n) is 12.9. The Bertz CT molecular complexity index is 719. The third-order valence-electron chi connectivity index (χ3n) is 3.39. The van der Waals surface area contributed by atoms with Crippen LogP contribution in [0, 0.1) is 24.4 Å². The lowest BCUT2D eigenvalue weighted by atomic mass is 10.2. The smallest absolute Gasteiger partial charge is 0.243 e. The molecule has 0 bridgehead atoms. The number of hydrogen-bond acceptors (Lipinski definition) is 2. The van der Waals surface area contributed by atoms with E-state index in [1.54, 1.807) is 4.90 Å². The maximum absolute atomic E-state index is 13.6. The molecule has 0 spiro atoms. The summed E-state index contributed by atoms with van der Waals surface area (Å²) in [7, 11) is 0. The molecule has 0 aromatic heterocycles. The van der Waals surface area contributed by atoms with Gasteiger partial charge in [0.1, 0.15) is 0 Å². The molecule has 2 aromatic carbocycles. The van der Waals surface area contributed by atoms with Gasteiger partial charge in [-0.25, -0.2) is 13.2 Å². The van der Waals surface area contributed by atoms with Crippen LogP contribution in [-0.2, 0) is 4.79 Å². The number of benzene rings is 2. The Balaban J connectivity index is 2.10. The predicted octanol–water partition coefficient (Wildman–Crippen LogP) is 3.88. The standard InChI is InChI=1S/C17H17F3N2O/c1-3-22(12-6-4-5-11(2)9-12)10-15(23)21-14-8-7-13(18)16(19)17(14)20/h4-9H,3,10H2,1-2H3,(H,21,23). The topological polar surface area (TPSA) is 32.3 Å². The number of halogens is 3. The van der Waals surface area contributed by atoms with Gasteiger partial charge in [-0.1, -0.05) is 12.1 Å². The van der Waals surface area contributed by atoms with Crippen LogP contribution in [0.15, 0.2) is 36.4 Å². The van der Waals surface area contributed by atoms with E-state index in [1.807, 2.05) is 38.1 Å². The van der Waals surface area contributed by atoms with Crippen LogP contribution in [0.3, 0.4) is 0 Å². The number of amides is 1. The van der Waals surface area contributed by atoms with E-state index in [2.05, 4.69) is 5.32 Å². The summed E-state index contributed by atoms with van der Waals surface area (Å²) < 4.78 is 39.6. The molecule has 122 valence electrons. The van der Waals surface area contributed by atoms with Crippen LogP contribution < -0.4 is 10.2 Å². The van der Waals surface area contributed by atoms with Gasteiger partial charge < -0.3 is 10.2 Å². The van der Waals surface area contributed by atoms with Gasteiger partial charge >= 0.3 is 0 Å². The predicted molar refractivity (Wildman–Crippen MR) is 84.0 cm³/mol. The van der Waals surface area contributed by atoms with E-state index in [0.717, 1.165) is 23.4 Å². The van der Waals surface area contributed by atoms with Crippen molar-refractivity contribution in [2.45, 2.75) is 13.8 Å². The average Bonchev–Trinajstić information content (AvgIpc) is 2.53. The molecule has 0 unspecified atom stereocenters. The third-order valence-corrected chi connectivity index (χ3v) is 3.39. The Morgan fingerprint density at radius 3 is 2.52 bits per heavy atom. The van der Waals surface area contributed by atoms with E-state index >= 15 is 0 Å². The fourth-order valence-electron chi connectivity index (χ4n) is 2.20. The molecule has 0 aliphatic rings. The van der Waals surface area contributed by atoms with Gasteiger partial charge in [-0.15, -0.1) is 0 Å². The van der Waals surface area contributed by atoms with Crippen molar-refractivity contribution in [3.05, 3.63) is 59.4 Å². The highest BCUT2D eigenvalue weighted by atomic mass is 19.2. The number of carbonyl (C=O) groups is 1. The largest absolute Gasteiger partial charge is 0.362 e. The number of anilines is 2. The van der Waals surface area contributed by atoms with Gasteiger partial charge in [0.15, 0.2) is 17.5 Å². The molecule has 0 radical (unpaired) electrons. The second kappa shape index (κ2) is 7.17. The summed E-state index contributed by atoms with van der Waals surface area (Å²) in [6.45, 7) is 4.36. The Kier molecular flexibility index (Phi) is 5.26. The number of hydrogen-bond donors (Lipinski definition) is 1. The van der Waals surface area contributed by atoms with E-state index in [4.69, 9.17) is 0 Å². The molecule has 0 atom stereocenters. The van der Waals surface area contributed by atoms with Crippen LogP contribution in [0.25, 0.3) is 0 Å². The van der Waals surface area contributed by atoms with Gasteiger partial charge in [0.2, 0.25) is 5.91 Å². The minimum absolute atomic E-state index is 0.0294. The molecule has 0 aliphatic heterocycles. The lowest BCUT2D eigenvalue weighted by Gasteiger charge is -2.23. The summed E-state index contributed by atoms with van der Waals surface area (Å²) >= 11 is 0. The Morgan fingerprint density at radius 1 is 1.13 bits per heavy atom. The number of nitrogens with one attached hydrogen (secondary N) is 1. The Hall–Kier alpha value is -2.50. The zero-order chi connectivity index (χ0) is 17.0. The minimum atomic E-state index is -1.60. The average molecular weight is 322 g/mol. The quantitative estimate of drug-likeness (QED) is 0.847. The molecule has 1 amide bonds. The Labute approximate surface area is 132 Å². The number of nitrogens with zero attached hydrogens (tertiary/aromatic N) is 1.